The largest absolute Gasteiger partial charge is 0.473 e. The fraction of sp³-hybridized carbons (Fsp3) is 0.308. The Morgan fingerprint density at radius 2 is 1.54 bits per heavy atom. The normalized spacial score (nSPS) is 10.4. The number of non-ortho nitro benzene ring substituents is 1. The van der Waals surface area contributed by atoms with Crippen LogP contribution in [0.1, 0.15) is 17.5 Å². The molecule has 0 fully saturated rings. The van der Waals surface area contributed by atoms with Crippen LogP contribution in [0.2, 0.25) is 0 Å². The Morgan fingerprint density at radius 1 is 0.923 bits per heavy atom. The maximum Gasteiger partial charge on any atom is 0.414 e. The van der Waals surface area contributed by atoms with Crippen LogP contribution in [0.4, 0.5) is 11.5 Å². The van der Waals surface area contributed by atoms with Crippen LogP contribution in [0.15, 0.2) is 70.3 Å². The lowest BCUT2D eigenvalue weighted by molar-refractivity contribution is -0.384. The van der Waals surface area contributed by atoms with Gasteiger partial charge in [-0.15, -0.1) is 0 Å². The Kier molecular flexibility index (Phi) is 11.6. The van der Waals surface area contributed by atoms with Crippen molar-refractivity contribution in [2.75, 3.05) is 25.0 Å². The zero-order valence-electron chi connectivity index (χ0n) is 21.6. The first kappa shape index (κ1) is 30.4. The predicted octanol–water partition coefficient (Wildman–Crippen LogP) is 1.69. The van der Waals surface area contributed by atoms with E-state index < -0.39 is 16.9 Å². The highest BCUT2D eigenvalue weighted by Gasteiger charge is 2.10. The number of benzene rings is 2. The molecule has 1 heterocycles. The summed E-state index contributed by atoms with van der Waals surface area (Å²) in [5, 5.41) is 28.8. The Balaban J connectivity index is 0.000000798. The van der Waals surface area contributed by atoms with Gasteiger partial charge in [0.2, 0.25) is 0 Å². The molecule has 3 N–H and O–H groups in total. The quantitative estimate of drug-likeness (QED) is 0.184. The maximum atomic E-state index is 12.1. The zero-order valence-corrected chi connectivity index (χ0v) is 21.6. The van der Waals surface area contributed by atoms with Crippen molar-refractivity contribution in [3.63, 3.8) is 0 Å². The molecule has 0 bridgehead atoms. The van der Waals surface area contributed by atoms with E-state index in [1.165, 1.54) is 35.4 Å². The number of carboxylic acid groups (broad SMARTS) is 2. The molecule has 0 aliphatic rings. The number of rotatable bonds is 11. The van der Waals surface area contributed by atoms with Crippen molar-refractivity contribution >= 4 is 23.4 Å². The molecular weight excluding hydrogens is 510 g/mol. The number of nitrogens with zero attached hydrogens (tertiary/aromatic N) is 4. The summed E-state index contributed by atoms with van der Waals surface area (Å²) in [6, 6.07) is 18.3. The first-order chi connectivity index (χ1) is 18.5. The summed E-state index contributed by atoms with van der Waals surface area (Å²) in [5.41, 5.74) is 1.65. The SMILES string of the molecule is Cn1c(NCCN(CCCc2ccc([N+](=O)[O-])cc2)Cc2ccccc2)cc(=O)n(C)c1=O.O=C(O)C(=O)O. The topological polar surface area (TPSA) is 177 Å². The molecule has 0 saturated heterocycles. The van der Waals surface area contributed by atoms with Gasteiger partial charge in [0.15, 0.2) is 0 Å². The van der Waals surface area contributed by atoms with Crippen LogP contribution in [0.3, 0.4) is 0 Å². The molecule has 0 atom stereocenters. The standard InChI is InChI=1S/C24H29N5O4.C2H2O4/c1-26-22(17-23(30)27(2)24(26)31)25-14-16-28(18-20-7-4-3-5-8-20)15-6-9-19-10-12-21(13-11-19)29(32)33;3-1(4)2(5)6/h3-5,7-8,10-13,17,25H,6,9,14-16,18H2,1-2H3;(H,3,4)(H,5,6). The average Bonchev–Trinajstić information content (AvgIpc) is 2.91. The molecule has 0 saturated carbocycles. The smallest absolute Gasteiger partial charge is 0.414 e. The number of aliphatic carboxylic acids is 2. The van der Waals surface area contributed by atoms with Gasteiger partial charge in [-0.3, -0.25) is 28.9 Å². The van der Waals surface area contributed by atoms with Crippen molar-refractivity contribution in [3.8, 4) is 0 Å². The maximum absolute atomic E-state index is 12.1. The van der Waals surface area contributed by atoms with Crippen LogP contribution in [0.5, 0.6) is 0 Å². The molecule has 208 valence electrons. The molecule has 1 aromatic heterocycles. The molecule has 13 nitrogen and oxygen atoms in total. The van der Waals surface area contributed by atoms with Crippen LogP contribution < -0.4 is 16.6 Å². The lowest BCUT2D eigenvalue weighted by atomic mass is 10.1. The third-order valence-electron chi connectivity index (χ3n) is 5.78. The van der Waals surface area contributed by atoms with Gasteiger partial charge in [-0.2, -0.15) is 0 Å². The minimum atomic E-state index is -1.82. The van der Waals surface area contributed by atoms with Crippen molar-refractivity contribution < 1.29 is 24.7 Å². The molecule has 0 aliphatic carbocycles. The Morgan fingerprint density at radius 3 is 2.10 bits per heavy atom. The van der Waals surface area contributed by atoms with Gasteiger partial charge in [-0.05, 0) is 30.5 Å². The van der Waals surface area contributed by atoms with E-state index in [2.05, 4.69) is 22.3 Å². The second-order valence-electron chi connectivity index (χ2n) is 8.59. The molecule has 0 radical (unpaired) electrons. The summed E-state index contributed by atoms with van der Waals surface area (Å²) in [7, 11) is 3.09. The summed E-state index contributed by atoms with van der Waals surface area (Å²) < 4.78 is 2.50. The van der Waals surface area contributed by atoms with Crippen molar-refractivity contribution in [3.05, 3.63) is 103 Å². The number of nitro groups is 1. The number of nitro benzene ring substituents is 1. The molecule has 3 aromatic rings. The van der Waals surface area contributed by atoms with Crippen LogP contribution in [-0.4, -0.2) is 60.7 Å². The number of aromatic nitrogens is 2. The minimum absolute atomic E-state index is 0.0978. The van der Waals surface area contributed by atoms with E-state index in [0.29, 0.717) is 12.4 Å². The highest BCUT2D eigenvalue weighted by atomic mass is 16.6. The number of hydrogen-bond acceptors (Lipinski definition) is 8. The molecule has 2 aromatic carbocycles. The summed E-state index contributed by atoms with van der Waals surface area (Å²) in [6.45, 7) is 2.91. The highest BCUT2D eigenvalue weighted by molar-refractivity contribution is 6.27. The van der Waals surface area contributed by atoms with E-state index >= 15 is 0 Å². The summed E-state index contributed by atoms with van der Waals surface area (Å²) >= 11 is 0. The highest BCUT2D eigenvalue weighted by Crippen LogP contribution is 2.14. The van der Waals surface area contributed by atoms with Gasteiger partial charge in [0.1, 0.15) is 5.82 Å². The van der Waals surface area contributed by atoms with E-state index in [1.807, 2.05) is 18.2 Å². The van der Waals surface area contributed by atoms with Crippen molar-refractivity contribution in [1.82, 2.24) is 14.0 Å². The number of carboxylic acids is 2. The first-order valence-electron chi connectivity index (χ1n) is 12.0. The Bertz CT molecular complexity index is 1370. The van der Waals surface area contributed by atoms with E-state index in [9.17, 15) is 19.7 Å². The predicted molar refractivity (Wildman–Crippen MR) is 144 cm³/mol. The van der Waals surface area contributed by atoms with Crippen molar-refractivity contribution in [2.24, 2.45) is 14.1 Å². The van der Waals surface area contributed by atoms with Gasteiger partial charge in [0, 0.05) is 51.9 Å². The number of aryl methyl sites for hydroxylation is 1. The van der Waals surface area contributed by atoms with E-state index in [-0.39, 0.29) is 16.9 Å². The zero-order chi connectivity index (χ0) is 28.9. The third kappa shape index (κ3) is 9.89. The van der Waals surface area contributed by atoms with E-state index in [1.54, 1.807) is 19.2 Å². The molecule has 0 spiro atoms. The van der Waals surface area contributed by atoms with Crippen LogP contribution in [-0.2, 0) is 36.6 Å². The molecule has 0 unspecified atom stereocenters. The van der Waals surface area contributed by atoms with E-state index in [0.717, 1.165) is 42.6 Å². The lowest BCUT2D eigenvalue weighted by Gasteiger charge is -2.23. The third-order valence-corrected chi connectivity index (χ3v) is 5.78. The molecule has 39 heavy (non-hydrogen) atoms. The Labute approximate surface area is 223 Å². The number of anilines is 1. The minimum Gasteiger partial charge on any atom is -0.473 e. The van der Waals surface area contributed by atoms with Crippen LogP contribution in [0, 0.1) is 10.1 Å². The van der Waals surface area contributed by atoms with Gasteiger partial charge in [-0.25, -0.2) is 14.4 Å². The second-order valence-corrected chi connectivity index (χ2v) is 8.59. The van der Waals surface area contributed by atoms with Gasteiger partial charge in [0.25, 0.3) is 11.2 Å². The van der Waals surface area contributed by atoms with Crippen LogP contribution >= 0.6 is 0 Å². The number of nitrogens with one attached hydrogen (secondary N) is 1. The fourth-order valence-corrected chi connectivity index (χ4v) is 3.65. The molecule has 3 rings (SSSR count). The fourth-order valence-electron chi connectivity index (χ4n) is 3.65. The van der Waals surface area contributed by atoms with Crippen molar-refractivity contribution in [2.45, 2.75) is 19.4 Å². The second kappa shape index (κ2) is 14.8. The van der Waals surface area contributed by atoms with Gasteiger partial charge >= 0.3 is 17.6 Å². The van der Waals surface area contributed by atoms with Gasteiger partial charge in [-0.1, -0.05) is 42.5 Å². The molecule has 0 aliphatic heterocycles. The Hall–Kier alpha value is -4.78. The van der Waals surface area contributed by atoms with Crippen molar-refractivity contribution in [1.29, 1.82) is 0 Å². The lowest BCUT2D eigenvalue weighted by Crippen LogP contribution is -2.38. The molecule has 13 heteroatoms. The molecular formula is C26H31N5O8. The first-order valence-corrected chi connectivity index (χ1v) is 12.0. The van der Waals surface area contributed by atoms with Gasteiger partial charge < -0.3 is 15.5 Å². The summed E-state index contributed by atoms with van der Waals surface area (Å²) in [4.78, 5) is 55.0. The number of hydrogen-bond donors (Lipinski definition) is 3. The van der Waals surface area contributed by atoms with Crippen LogP contribution in [0.25, 0.3) is 0 Å². The summed E-state index contributed by atoms with van der Waals surface area (Å²) in [6.07, 6.45) is 1.72. The molecule has 0 amide bonds. The summed E-state index contributed by atoms with van der Waals surface area (Å²) in [5.74, 6) is -3.15. The number of carbonyl (C=O) groups is 2. The van der Waals surface area contributed by atoms with E-state index in [4.69, 9.17) is 19.8 Å². The monoisotopic (exact) mass is 541 g/mol. The average molecular weight is 542 g/mol. The van der Waals surface area contributed by atoms with Gasteiger partial charge in [0.05, 0.1) is 4.92 Å².